The number of hydrogen-bond acceptors (Lipinski definition) is 2. The highest BCUT2D eigenvalue weighted by Gasteiger charge is 2.24. The Labute approximate surface area is 114 Å². The fraction of sp³-hybridized carbons (Fsp3) is 0.412. The second-order valence-corrected chi connectivity index (χ2v) is 5.71. The van der Waals surface area contributed by atoms with Gasteiger partial charge in [0.1, 0.15) is 0 Å². The lowest BCUT2D eigenvalue weighted by Crippen LogP contribution is -2.41. The largest absolute Gasteiger partial charge is 0.393 e. The average molecular weight is 255 g/mol. The molecule has 0 spiro atoms. The van der Waals surface area contributed by atoms with E-state index in [0.29, 0.717) is 5.92 Å². The molecule has 0 bridgehead atoms. The Hall–Kier alpha value is -1.38. The number of rotatable bonds is 2. The van der Waals surface area contributed by atoms with Gasteiger partial charge in [-0.05, 0) is 28.7 Å². The van der Waals surface area contributed by atoms with E-state index in [-0.39, 0.29) is 6.10 Å². The van der Waals surface area contributed by atoms with E-state index in [9.17, 15) is 5.11 Å². The first-order chi connectivity index (χ1) is 9.24. The lowest BCUT2D eigenvalue weighted by Gasteiger charge is -2.34. The van der Waals surface area contributed by atoms with Crippen LogP contribution in [0.5, 0.6) is 0 Å². The van der Waals surface area contributed by atoms with Gasteiger partial charge >= 0.3 is 0 Å². The van der Waals surface area contributed by atoms with E-state index >= 15 is 0 Å². The third kappa shape index (κ3) is 2.65. The van der Waals surface area contributed by atoms with Crippen molar-refractivity contribution in [3.8, 4) is 0 Å². The van der Waals surface area contributed by atoms with Gasteiger partial charge in [-0.3, -0.25) is 4.90 Å². The number of aliphatic hydroxyl groups is 1. The zero-order valence-electron chi connectivity index (χ0n) is 11.4. The predicted octanol–water partition coefficient (Wildman–Crippen LogP) is 3.04. The monoisotopic (exact) mass is 255 g/mol. The molecule has 1 aliphatic rings. The van der Waals surface area contributed by atoms with Crippen LogP contribution >= 0.6 is 0 Å². The summed E-state index contributed by atoms with van der Waals surface area (Å²) in [5.74, 6) is 0.378. The maximum absolute atomic E-state index is 9.81. The van der Waals surface area contributed by atoms with Crippen molar-refractivity contribution in [2.75, 3.05) is 13.1 Å². The first kappa shape index (κ1) is 12.6. The zero-order chi connectivity index (χ0) is 13.2. The summed E-state index contributed by atoms with van der Waals surface area (Å²) in [7, 11) is 0. The molecule has 1 fully saturated rings. The standard InChI is InChI=1S/C17H21NO/c1-13-11-18(10-9-17(13)19)12-15-7-4-6-14-5-2-3-8-16(14)15/h2-8,13,17,19H,9-12H2,1H3. The van der Waals surface area contributed by atoms with Gasteiger partial charge in [-0.1, -0.05) is 49.4 Å². The van der Waals surface area contributed by atoms with Crippen molar-refractivity contribution in [2.24, 2.45) is 5.92 Å². The molecule has 0 radical (unpaired) electrons. The Kier molecular flexibility index (Phi) is 3.54. The molecular formula is C17H21NO. The lowest BCUT2D eigenvalue weighted by atomic mass is 9.96. The quantitative estimate of drug-likeness (QED) is 0.891. The normalized spacial score (nSPS) is 24.7. The van der Waals surface area contributed by atoms with Crippen LogP contribution < -0.4 is 0 Å². The third-order valence-electron chi connectivity index (χ3n) is 4.22. The van der Waals surface area contributed by atoms with Gasteiger partial charge in [-0.2, -0.15) is 0 Å². The van der Waals surface area contributed by atoms with E-state index in [1.165, 1.54) is 16.3 Å². The summed E-state index contributed by atoms with van der Waals surface area (Å²) < 4.78 is 0. The number of piperidine rings is 1. The van der Waals surface area contributed by atoms with E-state index in [1.54, 1.807) is 0 Å². The second kappa shape index (κ2) is 5.32. The number of likely N-dealkylation sites (tertiary alicyclic amines) is 1. The van der Waals surface area contributed by atoms with Gasteiger partial charge in [0, 0.05) is 19.6 Å². The Morgan fingerprint density at radius 1 is 1.16 bits per heavy atom. The van der Waals surface area contributed by atoms with Crippen LogP contribution in [0.4, 0.5) is 0 Å². The molecule has 19 heavy (non-hydrogen) atoms. The van der Waals surface area contributed by atoms with E-state index in [1.807, 2.05) is 0 Å². The molecular weight excluding hydrogens is 234 g/mol. The minimum Gasteiger partial charge on any atom is -0.393 e. The molecule has 1 aliphatic heterocycles. The summed E-state index contributed by atoms with van der Waals surface area (Å²) >= 11 is 0. The summed E-state index contributed by atoms with van der Waals surface area (Å²) in [6, 6.07) is 15.1. The fourth-order valence-corrected chi connectivity index (χ4v) is 3.03. The van der Waals surface area contributed by atoms with Gasteiger partial charge < -0.3 is 5.11 Å². The number of benzene rings is 2. The molecule has 2 aromatic rings. The first-order valence-electron chi connectivity index (χ1n) is 7.11. The molecule has 2 atom stereocenters. The minimum absolute atomic E-state index is 0.122. The van der Waals surface area contributed by atoms with Crippen molar-refractivity contribution < 1.29 is 5.11 Å². The molecule has 0 aromatic heterocycles. The summed E-state index contributed by atoms with van der Waals surface area (Å²) in [6.07, 6.45) is 0.773. The molecule has 0 amide bonds. The molecule has 2 nitrogen and oxygen atoms in total. The highest BCUT2D eigenvalue weighted by molar-refractivity contribution is 5.85. The predicted molar refractivity (Wildman–Crippen MR) is 79.0 cm³/mol. The van der Waals surface area contributed by atoms with Crippen LogP contribution in [0, 0.1) is 5.92 Å². The molecule has 2 aromatic carbocycles. The molecule has 2 unspecified atom stereocenters. The van der Waals surface area contributed by atoms with Gasteiger partial charge in [0.2, 0.25) is 0 Å². The summed E-state index contributed by atoms with van der Waals surface area (Å²) in [4.78, 5) is 2.46. The van der Waals surface area contributed by atoms with Crippen molar-refractivity contribution in [3.63, 3.8) is 0 Å². The maximum atomic E-state index is 9.81. The zero-order valence-corrected chi connectivity index (χ0v) is 11.4. The van der Waals surface area contributed by atoms with Crippen molar-refractivity contribution in [3.05, 3.63) is 48.0 Å². The fourth-order valence-electron chi connectivity index (χ4n) is 3.03. The molecule has 0 aliphatic carbocycles. The Morgan fingerprint density at radius 3 is 2.79 bits per heavy atom. The molecule has 1 heterocycles. The number of aliphatic hydroxyl groups excluding tert-OH is 1. The average Bonchev–Trinajstić information content (AvgIpc) is 2.43. The highest BCUT2D eigenvalue weighted by atomic mass is 16.3. The van der Waals surface area contributed by atoms with Gasteiger partial charge in [-0.25, -0.2) is 0 Å². The molecule has 2 heteroatoms. The molecule has 3 rings (SSSR count). The lowest BCUT2D eigenvalue weighted by molar-refractivity contribution is 0.0322. The third-order valence-corrected chi connectivity index (χ3v) is 4.22. The van der Waals surface area contributed by atoms with E-state index in [0.717, 1.165) is 26.1 Å². The smallest absolute Gasteiger partial charge is 0.0590 e. The SMILES string of the molecule is CC1CN(Cc2cccc3ccccc23)CCC1O. The number of hydrogen-bond donors (Lipinski definition) is 1. The Morgan fingerprint density at radius 2 is 1.95 bits per heavy atom. The van der Waals surface area contributed by atoms with Crippen LogP contribution in [0.3, 0.4) is 0 Å². The van der Waals surface area contributed by atoms with Crippen LogP contribution in [-0.4, -0.2) is 29.2 Å². The van der Waals surface area contributed by atoms with E-state index in [2.05, 4.69) is 54.3 Å². The van der Waals surface area contributed by atoms with Crippen molar-refractivity contribution >= 4 is 10.8 Å². The molecule has 1 N–H and O–H groups in total. The second-order valence-electron chi connectivity index (χ2n) is 5.71. The number of fused-ring (bicyclic) bond motifs is 1. The van der Waals surface area contributed by atoms with Crippen LogP contribution in [0.1, 0.15) is 18.9 Å². The van der Waals surface area contributed by atoms with Gasteiger partial charge in [0.25, 0.3) is 0 Å². The Balaban J connectivity index is 1.82. The molecule has 100 valence electrons. The van der Waals surface area contributed by atoms with Crippen molar-refractivity contribution in [2.45, 2.75) is 26.0 Å². The van der Waals surface area contributed by atoms with Crippen LogP contribution in [0.2, 0.25) is 0 Å². The van der Waals surface area contributed by atoms with Gasteiger partial charge in [0.15, 0.2) is 0 Å². The van der Waals surface area contributed by atoms with Crippen LogP contribution in [0.25, 0.3) is 10.8 Å². The summed E-state index contributed by atoms with van der Waals surface area (Å²) in [6.45, 7) is 5.11. The van der Waals surface area contributed by atoms with Crippen molar-refractivity contribution in [1.29, 1.82) is 0 Å². The molecule has 1 saturated heterocycles. The van der Waals surface area contributed by atoms with Gasteiger partial charge in [0.05, 0.1) is 6.10 Å². The van der Waals surface area contributed by atoms with E-state index in [4.69, 9.17) is 0 Å². The number of nitrogens with zero attached hydrogens (tertiary/aromatic N) is 1. The van der Waals surface area contributed by atoms with Crippen molar-refractivity contribution in [1.82, 2.24) is 4.90 Å². The molecule has 0 saturated carbocycles. The topological polar surface area (TPSA) is 23.5 Å². The Bertz CT molecular complexity index is 561. The summed E-state index contributed by atoms with van der Waals surface area (Å²) in [5, 5.41) is 12.5. The van der Waals surface area contributed by atoms with Crippen LogP contribution in [0.15, 0.2) is 42.5 Å². The summed E-state index contributed by atoms with van der Waals surface area (Å²) in [5.41, 5.74) is 1.39. The highest BCUT2D eigenvalue weighted by Crippen LogP contribution is 2.23. The van der Waals surface area contributed by atoms with Gasteiger partial charge in [-0.15, -0.1) is 0 Å². The van der Waals surface area contributed by atoms with Crippen LogP contribution in [-0.2, 0) is 6.54 Å². The first-order valence-corrected chi connectivity index (χ1v) is 7.11. The van der Waals surface area contributed by atoms with E-state index < -0.39 is 0 Å². The maximum Gasteiger partial charge on any atom is 0.0590 e. The minimum atomic E-state index is -0.122.